The second-order valence-electron chi connectivity index (χ2n) is 3.50. The van der Waals surface area contributed by atoms with E-state index < -0.39 is 0 Å². The Balaban J connectivity index is 2.78. The molecule has 0 aliphatic heterocycles. The van der Waals surface area contributed by atoms with Crippen LogP contribution in [0.15, 0.2) is 18.2 Å². The summed E-state index contributed by atoms with van der Waals surface area (Å²) in [6.07, 6.45) is 0.916. The highest BCUT2D eigenvalue weighted by Gasteiger charge is 2.06. The first-order valence-electron chi connectivity index (χ1n) is 4.70. The van der Waals surface area contributed by atoms with E-state index >= 15 is 0 Å². The second kappa shape index (κ2) is 5.23. The average molecular weight is 214 g/mol. The van der Waals surface area contributed by atoms with Crippen LogP contribution >= 0.6 is 11.6 Å². The van der Waals surface area contributed by atoms with Crippen LogP contribution in [0.3, 0.4) is 0 Å². The average Bonchev–Trinajstić information content (AvgIpc) is 2.20. The van der Waals surface area contributed by atoms with Crippen molar-refractivity contribution < 1.29 is 4.74 Å². The Bertz CT molecular complexity index is 301. The van der Waals surface area contributed by atoms with Crippen molar-refractivity contribution in [3.8, 4) is 5.75 Å². The van der Waals surface area contributed by atoms with Gasteiger partial charge in [-0.1, -0.05) is 24.6 Å². The molecule has 0 bridgehead atoms. The van der Waals surface area contributed by atoms with E-state index in [2.05, 4.69) is 6.92 Å². The molecular weight excluding hydrogens is 198 g/mol. The van der Waals surface area contributed by atoms with Gasteiger partial charge in [0, 0.05) is 5.02 Å². The molecule has 0 saturated carbocycles. The summed E-state index contributed by atoms with van der Waals surface area (Å²) in [5, 5.41) is 0.754. The third kappa shape index (κ3) is 2.89. The maximum absolute atomic E-state index is 6.09. The number of hydrogen-bond donors (Lipinski definition) is 1. The molecule has 14 heavy (non-hydrogen) atoms. The fraction of sp³-hybridized carbons (Fsp3) is 0.455. The van der Waals surface area contributed by atoms with Gasteiger partial charge in [-0.25, -0.2) is 0 Å². The van der Waals surface area contributed by atoms with Crippen molar-refractivity contribution in [1.82, 2.24) is 0 Å². The van der Waals surface area contributed by atoms with Crippen LogP contribution < -0.4 is 10.5 Å². The van der Waals surface area contributed by atoms with Crippen LogP contribution in [0.2, 0.25) is 5.02 Å². The lowest BCUT2D eigenvalue weighted by Gasteiger charge is -2.10. The smallest absolute Gasteiger partial charge is 0.120 e. The molecule has 1 aromatic rings. The van der Waals surface area contributed by atoms with Crippen LogP contribution in [0.25, 0.3) is 0 Å². The van der Waals surface area contributed by atoms with Gasteiger partial charge < -0.3 is 10.5 Å². The van der Waals surface area contributed by atoms with E-state index in [0.29, 0.717) is 12.5 Å². The zero-order chi connectivity index (χ0) is 10.6. The molecule has 0 aliphatic carbocycles. The molecular formula is C11H16ClNO. The monoisotopic (exact) mass is 213 g/mol. The number of ether oxygens (including phenoxy) is 1. The zero-order valence-corrected chi connectivity index (χ0v) is 9.34. The summed E-state index contributed by atoms with van der Waals surface area (Å²) in [6.45, 7) is 2.79. The van der Waals surface area contributed by atoms with E-state index in [0.717, 1.165) is 22.8 Å². The van der Waals surface area contributed by atoms with Gasteiger partial charge in [-0.3, -0.25) is 0 Å². The standard InChI is InChI=1S/C11H16ClNO/c1-8(7-13)5-9-3-4-10(14-2)6-11(9)12/h3-4,6,8H,5,7,13H2,1-2H3. The molecule has 1 rings (SSSR count). The summed E-state index contributed by atoms with van der Waals surface area (Å²) in [5.41, 5.74) is 6.69. The highest BCUT2D eigenvalue weighted by molar-refractivity contribution is 6.31. The number of rotatable bonds is 4. The highest BCUT2D eigenvalue weighted by atomic mass is 35.5. The Kier molecular flexibility index (Phi) is 4.23. The topological polar surface area (TPSA) is 35.2 Å². The maximum atomic E-state index is 6.09. The normalized spacial score (nSPS) is 12.6. The fourth-order valence-corrected chi connectivity index (χ4v) is 1.53. The number of methoxy groups -OCH3 is 1. The van der Waals surface area contributed by atoms with E-state index in [1.54, 1.807) is 7.11 Å². The number of nitrogens with two attached hydrogens (primary N) is 1. The van der Waals surface area contributed by atoms with Crippen molar-refractivity contribution in [2.45, 2.75) is 13.3 Å². The molecule has 2 nitrogen and oxygen atoms in total. The lowest BCUT2D eigenvalue weighted by Crippen LogP contribution is -2.13. The molecule has 0 spiro atoms. The minimum atomic E-state index is 0.459. The van der Waals surface area contributed by atoms with Crippen LogP contribution in [0.5, 0.6) is 5.75 Å². The number of halogens is 1. The predicted octanol–water partition coefficient (Wildman–Crippen LogP) is 2.49. The SMILES string of the molecule is COc1ccc(CC(C)CN)c(Cl)c1. The molecule has 1 atom stereocenters. The van der Waals surface area contributed by atoms with Gasteiger partial charge in [-0.2, -0.15) is 0 Å². The van der Waals surface area contributed by atoms with Gasteiger partial charge in [0.25, 0.3) is 0 Å². The molecule has 0 fully saturated rings. The van der Waals surface area contributed by atoms with Gasteiger partial charge in [-0.05, 0) is 36.6 Å². The lowest BCUT2D eigenvalue weighted by molar-refractivity contribution is 0.414. The summed E-state index contributed by atoms with van der Waals surface area (Å²) in [7, 11) is 1.63. The van der Waals surface area contributed by atoms with Crippen LogP contribution in [0.1, 0.15) is 12.5 Å². The largest absolute Gasteiger partial charge is 0.497 e. The van der Waals surface area contributed by atoms with Gasteiger partial charge in [0.15, 0.2) is 0 Å². The van der Waals surface area contributed by atoms with Crippen molar-refractivity contribution in [3.05, 3.63) is 28.8 Å². The summed E-state index contributed by atoms with van der Waals surface area (Å²) >= 11 is 6.09. The second-order valence-corrected chi connectivity index (χ2v) is 3.91. The van der Waals surface area contributed by atoms with E-state index in [9.17, 15) is 0 Å². The van der Waals surface area contributed by atoms with Crippen LogP contribution in [-0.4, -0.2) is 13.7 Å². The van der Waals surface area contributed by atoms with Crippen LogP contribution in [0, 0.1) is 5.92 Å². The fourth-order valence-electron chi connectivity index (χ4n) is 1.28. The minimum absolute atomic E-state index is 0.459. The summed E-state index contributed by atoms with van der Waals surface area (Å²) in [6, 6.07) is 5.75. The first kappa shape index (κ1) is 11.3. The van der Waals surface area contributed by atoms with Crippen molar-refractivity contribution in [2.75, 3.05) is 13.7 Å². The maximum Gasteiger partial charge on any atom is 0.120 e. The van der Waals surface area contributed by atoms with Crippen molar-refractivity contribution in [3.63, 3.8) is 0 Å². The molecule has 78 valence electrons. The Morgan fingerprint density at radius 3 is 2.71 bits per heavy atom. The van der Waals surface area contributed by atoms with Crippen molar-refractivity contribution in [2.24, 2.45) is 11.7 Å². The minimum Gasteiger partial charge on any atom is -0.497 e. The molecule has 0 aliphatic rings. The number of benzene rings is 1. The van der Waals surface area contributed by atoms with Crippen LogP contribution in [-0.2, 0) is 6.42 Å². The Labute approximate surface area is 90.0 Å². The summed E-state index contributed by atoms with van der Waals surface area (Å²) in [5.74, 6) is 1.25. The molecule has 1 aromatic carbocycles. The van der Waals surface area contributed by atoms with E-state index in [1.807, 2.05) is 18.2 Å². The summed E-state index contributed by atoms with van der Waals surface area (Å²) < 4.78 is 5.07. The van der Waals surface area contributed by atoms with Crippen molar-refractivity contribution in [1.29, 1.82) is 0 Å². The Hall–Kier alpha value is -0.730. The highest BCUT2D eigenvalue weighted by Crippen LogP contribution is 2.24. The quantitative estimate of drug-likeness (QED) is 0.834. The van der Waals surface area contributed by atoms with Gasteiger partial charge >= 0.3 is 0 Å². The lowest BCUT2D eigenvalue weighted by atomic mass is 10.0. The molecule has 0 saturated heterocycles. The molecule has 0 heterocycles. The molecule has 0 aromatic heterocycles. The Morgan fingerprint density at radius 1 is 1.50 bits per heavy atom. The molecule has 3 heteroatoms. The van der Waals surface area contributed by atoms with Gasteiger partial charge in [0.05, 0.1) is 7.11 Å². The van der Waals surface area contributed by atoms with E-state index in [1.165, 1.54) is 0 Å². The predicted molar refractivity (Wildman–Crippen MR) is 59.9 cm³/mol. The molecule has 0 amide bonds. The first-order valence-corrected chi connectivity index (χ1v) is 5.07. The number of hydrogen-bond acceptors (Lipinski definition) is 2. The van der Waals surface area contributed by atoms with Gasteiger partial charge in [0.2, 0.25) is 0 Å². The first-order chi connectivity index (χ1) is 6.67. The van der Waals surface area contributed by atoms with Gasteiger partial charge in [0.1, 0.15) is 5.75 Å². The third-order valence-electron chi connectivity index (χ3n) is 2.23. The Morgan fingerprint density at radius 2 is 2.21 bits per heavy atom. The van der Waals surface area contributed by atoms with Crippen LogP contribution in [0.4, 0.5) is 0 Å². The molecule has 1 unspecified atom stereocenters. The van der Waals surface area contributed by atoms with E-state index in [-0.39, 0.29) is 0 Å². The van der Waals surface area contributed by atoms with E-state index in [4.69, 9.17) is 22.1 Å². The third-order valence-corrected chi connectivity index (χ3v) is 2.58. The van der Waals surface area contributed by atoms with Crippen molar-refractivity contribution >= 4 is 11.6 Å². The summed E-state index contributed by atoms with van der Waals surface area (Å²) in [4.78, 5) is 0. The van der Waals surface area contributed by atoms with Gasteiger partial charge in [-0.15, -0.1) is 0 Å². The zero-order valence-electron chi connectivity index (χ0n) is 8.59. The molecule has 0 radical (unpaired) electrons. The molecule has 2 N–H and O–H groups in total.